The van der Waals surface area contributed by atoms with Crippen molar-refractivity contribution < 1.29 is 0 Å². The summed E-state index contributed by atoms with van der Waals surface area (Å²) in [5.41, 5.74) is 1.38. The van der Waals surface area contributed by atoms with Crippen LogP contribution in [0.3, 0.4) is 0 Å². The third kappa shape index (κ3) is 3.93. The Balaban J connectivity index is 2.08. The monoisotopic (exact) mass is 257 g/mol. The van der Waals surface area contributed by atoms with Crippen molar-refractivity contribution in [2.45, 2.75) is 25.7 Å². The van der Waals surface area contributed by atoms with Gasteiger partial charge in [-0.2, -0.15) is 0 Å². The summed E-state index contributed by atoms with van der Waals surface area (Å²) in [6.07, 6.45) is 6.03. The summed E-state index contributed by atoms with van der Waals surface area (Å²) in [5, 5.41) is 3.53. The molecule has 3 heteroatoms. The van der Waals surface area contributed by atoms with Crippen LogP contribution in [0.25, 0.3) is 0 Å². The van der Waals surface area contributed by atoms with Crippen molar-refractivity contribution in [3.05, 3.63) is 54.1 Å². The van der Waals surface area contributed by atoms with Gasteiger partial charge >= 0.3 is 0 Å². The van der Waals surface area contributed by atoms with Crippen molar-refractivity contribution in [2.75, 3.05) is 13.1 Å². The maximum Gasteiger partial charge on any atom is 0.109 e. The van der Waals surface area contributed by atoms with Gasteiger partial charge < -0.3 is 9.88 Å². The minimum Gasteiger partial charge on any atom is -0.338 e. The zero-order valence-electron chi connectivity index (χ0n) is 11.8. The van der Waals surface area contributed by atoms with E-state index in [1.807, 2.05) is 12.4 Å². The lowest BCUT2D eigenvalue weighted by Crippen LogP contribution is -2.24. The van der Waals surface area contributed by atoms with Crippen molar-refractivity contribution in [2.24, 2.45) is 7.05 Å². The van der Waals surface area contributed by atoms with Gasteiger partial charge in [0.05, 0.1) is 0 Å². The highest BCUT2D eigenvalue weighted by Gasteiger charge is 2.14. The fourth-order valence-corrected chi connectivity index (χ4v) is 2.30. The molecule has 1 heterocycles. The number of nitrogens with one attached hydrogen (secondary N) is 1. The summed E-state index contributed by atoms with van der Waals surface area (Å²) in [6, 6.07) is 10.7. The van der Waals surface area contributed by atoms with E-state index in [4.69, 9.17) is 0 Å². The Morgan fingerprint density at radius 2 is 2.05 bits per heavy atom. The molecule has 0 aliphatic heterocycles. The second kappa shape index (κ2) is 7.10. The zero-order valence-corrected chi connectivity index (χ0v) is 11.8. The first-order valence-corrected chi connectivity index (χ1v) is 7.03. The number of aryl methyl sites for hydroxylation is 1. The van der Waals surface area contributed by atoms with Crippen molar-refractivity contribution in [1.82, 2.24) is 14.9 Å². The van der Waals surface area contributed by atoms with E-state index in [1.165, 1.54) is 12.0 Å². The van der Waals surface area contributed by atoms with E-state index in [9.17, 15) is 0 Å². The van der Waals surface area contributed by atoms with Crippen LogP contribution in [-0.4, -0.2) is 22.6 Å². The lowest BCUT2D eigenvalue weighted by atomic mass is 9.95. The number of imidazole rings is 1. The summed E-state index contributed by atoms with van der Waals surface area (Å²) < 4.78 is 2.11. The molecule has 1 atom stereocenters. The van der Waals surface area contributed by atoms with Crippen LogP contribution in [0.5, 0.6) is 0 Å². The first-order chi connectivity index (χ1) is 9.31. The first-order valence-electron chi connectivity index (χ1n) is 7.03. The average Bonchev–Trinajstić information content (AvgIpc) is 2.84. The number of rotatable bonds is 7. The lowest BCUT2D eigenvalue weighted by molar-refractivity contribution is 0.559. The van der Waals surface area contributed by atoms with Gasteiger partial charge in [-0.15, -0.1) is 0 Å². The van der Waals surface area contributed by atoms with Crippen LogP contribution >= 0.6 is 0 Å². The molecule has 2 rings (SSSR count). The third-order valence-electron chi connectivity index (χ3n) is 3.44. The first kappa shape index (κ1) is 13.8. The largest absolute Gasteiger partial charge is 0.338 e. The van der Waals surface area contributed by atoms with Gasteiger partial charge in [-0.3, -0.25) is 0 Å². The molecule has 0 bridgehead atoms. The molecular weight excluding hydrogens is 234 g/mol. The van der Waals surface area contributed by atoms with Gasteiger partial charge in [-0.1, -0.05) is 37.3 Å². The second-order valence-electron chi connectivity index (χ2n) is 4.97. The van der Waals surface area contributed by atoms with Gasteiger partial charge in [0.2, 0.25) is 0 Å². The van der Waals surface area contributed by atoms with Crippen molar-refractivity contribution in [3.63, 3.8) is 0 Å². The highest BCUT2D eigenvalue weighted by atomic mass is 15.0. The molecule has 1 N–H and O–H groups in total. The number of nitrogens with zero attached hydrogens (tertiary/aromatic N) is 2. The quantitative estimate of drug-likeness (QED) is 0.773. The van der Waals surface area contributed by atoms with Crippen molar-refractivity contribution in [3.8, 4) is 0 Å². The Morgan fingerprint density at radius 1 is 1.26 bits per heavy atom. The van der Waals surface area contributed by atoms with E-state index in [-0.39, 0.29) is 0 Å². The maximum absolute atomic E-state index is 4.44. The molecule has 1 aromatic heterocycles. The summed E-state index contributed by atoms with van der Waals surface area (Å²) in [5.74, 6) is 1.63. The molecule has 19 heavy (non-hydrogen) atoms. The third-order valence-corrected chi connectivity index (χ3v) is 3.44. The van der Waals surface area contributed by atoms with E-state index in [0.29, 0.717) is 5.92 Å². The molecule has 102 valence electrons. The van der Waals surface area contributed by atoms with E-state index < -0.39 is 0 Å². The van der Waals surface area contributed by atoms with Crippen LogP contribution in [-0.2, 0) is 13.5 Å². The Hall–Kier alpha value is -1.61. The van der Waals surface area contributed by atoms with E-state index in [2.05, 4.69) is 59.2 Å². The molecule has 0 fully saturated rings. The van der Waals surface area contributed by atoms with Gasteiger partial charge in [0, 0.05) is 38.3 Å². The Labute approximate surface area is 115 Å². The Kier molecular flexibility index (Phi) is 5.16. The number of hydrogen-bond donors (Lipinski definition) is 1. The molecule has 0 radical (unpaired) electrons. The molecule has 1 aromatic carbocycles. The fraction of sp³-hybridized carbons (Fsp3) is 0.438. The van der Waals surface area contributed by atoms with Gasteiger partial charge in [0.15, 0.2) is 0 Å². The summed E-state index contributed by atoms with van der Waals surface area (Å²) in [6.45, 7) is 4.28. The average molecular weight is 257 g/mol. The zero-order chi connectivity index (χ0) is 13.5. The van der Waals surface area contributed by atoms with Crippen LogP contribution in [0.15, 0.2) is 42.7 Å². The Morgan fingerprint density at radius 3 is 2.68 bits per heavy atom. The molecule has 0 spiro atoms. The molecule has 0 amide bonds. The minimum atomic E-state index is 0.480. The summed E-state index contributed by atoms with van der Waals surface area (Å²) >= 11 is 0. The predicted octanol–water partition coefficient (Wildman–Crippen LogP) is 2.75. The minimum absolute atomic E-state index is 0.480. The topological polar surface area (TPSA) is 29.9 Å². The predicted molar refractivity (Wildman–Crippen MR) is 79.3 cm³/mol. The molecule has 1 unspecified atom stereocenters. The highest BCUT2D eigenvalue weighted by Crippen LogP contribution is 2.19. The second-order valence-corrected chi connectivity index (χ2v) is 4.97. The van der Waals surface area contributed by atoms with Crippen LogP contribution in [0.4, 0.5) is 0 Å². The number of aromatic nitrogens is 2. The summed E-state index contributed by atoms with van der Waals surface area (Å²) in [4.78, 5) is 4.44. The van der Waals surface area contributed by atoms with Gasteiger partial charge in [-0.25, -0.2) is 4.98 Å². The molecule has 2 aromatic rings. The number of benzene rings is 1. The van der Waals surface area contributed by atoms with Gasteiger partial charge in [0.1, 0.15) is 5.82 Å². The smallest absolute Gasteiger partial charge is 0.109 e. The van der Waals surface area contributed by atoms with Crippen molar-refractivity contribution in [1.29, 1.82) is 0 Å². The fourth-order valence-electron chi connectivity index (χ4n) is 2.30. The molecule has 0 saturated carbocycles. The standard InChI is InChI=1S/C16H23N3/c1-3-9-17-13-15(14-7-5-4-6-8-14)12-16-18-10-11-19(16)2/h4-8,10-11,15,17H,3,9,12-13H2,1-2H3. The molecule has 0 aliphatic rings. The maximum atomic E-state index is 4.44. The lowest BCUT2D eigenvalue weighted by Gasteiger charge is -2.18. The van der Waals surface area contributed by atoms with E-state index in [0.717, 1.165) is 25.3 Å². The SMILES string of the molecule is CCCNCC(Cc1nccn1C)c1ccccc1. The molecule has 0 aliphatic carbocycles. The highest BCUT2D eigenvalue weighted by molar-refractivity contribution is 5.21. The molecule has 3 nitrogen and oxygen atoms in total. The van der Waals surface area contributed by atoms with Crippen molar-refractivity contribution >= 4 is 0 Å². The van der Waals surface area contributed by atoms with E-state index >= 15 is 0 Å². The Bertz CT molecular complexity index is 476. The van der Waals surface area contributed by atoms with Crippen LogP contribution < -0.4 is 5.32 Å². The van der Waals surface area contributed by atoms with Crippen LogP contribution in [0, 0.1) is 0 Å². The van der Waals surface area contributed by atoms with E-state index in [1.54, 1.807) is 0 Å². The molecule has 0 saturated heterocycles. The van der Waals surface area contributed by atoms with Gasteiger partial charge in [-0.05, 0) is 18.5 Å². The number of hydrogen-bond acceptors (Lipinski definition) is 2. The molecular formula is C16H23N3. The van der Waals surface area contributed by atoms with Gasteiger partial charge in [0.25, 0.3) is 0 Å². The summed E-state index contributed by atoms with van der Waals surface area (Å²) in [7, 11) is 2.06. The normalized spacial score (nSPS) is 12.5. The van der Waals surface area contributed by atoms with Crippen LogP contribution in [0.2, 0.25) is 0 Å². The van der Waals surface area contributed by atoms with Crippen LogP contribution in [0.1, 0.15) is 30.7 Å².